The van der Waals surface area contributed by atoms with Crippen LogP contribution in [0.25, 0.3) is 0 Å². The number of anilines is 1. The number of hydrogen-bond acceptors (Lipinski definition) is 2. The van der Waals surface area contributed by atoms with E-state index >= 15 is 0 Å². The molecule has 1 aromatic rings. The Morgan fingerprint density at radius 2 is 2.31 bits per heavy atom. The minimum Gasteiger partial charge on any atom is -0.383 e. The molecule has 2 rings (SSSR count). The zero-order valence-corrected chi connectivity index (χ0v) is 9.26. The maximum atomic E-state index is 3.49. The third kappa shape index (κ3) is 2.03. The van der Waals surface area contributed by atoms with Crippen molar-refractivity contribution in [1.29, 1.82) is 0 Å². The highest BCUT2D eigenvalue weighted by atomic mass is 79.9. The Labute approximate surface area is 87.1 Å². The van der Waals surface area contributed by atoms with Crippen LogP contribution in [0.2, 0.25) is 0 Å². The standard InChI is InChI=1S/C10H13BrN2/c1-13-5-4-12-10-3-2-9(11)6-8(10)7-13/h2-3,6,12H,4-5,7H2,1H3. The molecule has 0 unspecified atom stereocenters. The predicted octanol–water partition coefficient (Wildman–Crippen LogP) is 2.31. The lowest BCUT2D eigenvalue weighted by Crippen LogP contribution is -2.20. The second-order valence-corrected chi connectivity index (χ2v) is 4.38. The van der Waals surface area contributed by atoms with Crippen LogP contribution in [-0.4, -0.2) is 25.0 Å². The molecule has 0 spiro atoms. The van der Waals surface area contributed by atoms with Crippen LogP contribution < -0.4 is 5.32 Å². The van der Waals surface area contributed by atoms with Crippen LogP contribution >= 0.6 is 15.9 Å². The largest absolute Gasteiger partial charge is 0.383 e. The fraction of sp³-hybridized carbons (Fsp3) is 0.400. The van der Waals surface area contributed by atoms with E-state index in [1.807, 2.05) is 0 Å². The molecule has 0 atom stereocenters. The van der Waals surface area contributed by atoms with Crippen molar-refractivity contribution >= 4 is 21.6 Å². The van der Waals surface area contributed by atoms with Gasteiger partial charge in [0.15, 0.2) is 0 Å². The predicted molar refractivity (Wildman–Crippen MR) is 59.0 cm³/mol. The van der Waals surface area contributed by atoms with Crippen molar-refractivity contribution in [3.05, 3.63) is 28.2 Å². The number of likely N-dealkylation sites (N-methyl/N-ethyl adjacent to an activating group) is 1. The van der Waals surface area contributed by atoms with Crippen LogP contribution in [0.1, 0.15) is 5.56 Å². The number of halogens is 1. The van der Waals surface area contributed by atoms with E-state index in [0.29, 0.717) is 0 Å². The Kier molecular flexibility index (Phi) is 2.56. The summed E-state index contributed by atoms with van der Waals surface area (Å²) in [4.78, 5) is 2.32. The fourth-order valence-electron chi connectivity index (χ4n) is 1.62. The SMILES string of the molecule is CN1CCNc2ccc(Br)cc2C1. The Morgan fingerprint density at radius 1 is 1.46 bits per heavy atom. The first-order valence-electron chi connectivity index (χ1n) is 4.46. The first kappa shape index (κ1) is 9.03. The molecule has 0 saturated carbocycles. The van der Waals surface area contributed by atoms with E-state index in [4.69, 9.17) is 0 Å². The van der Waals surface area contributed by atoms with Gasteiger partial charge in [-0.15, -0.1) is 0 Å². The van der Waals surface area contributed by atoms with Crippen LogP contribution in [-0.2, 0) is 6.54 Å². The van der Waals surface area contributed by atoms with Crippen molar-refractivity contribution in [3.63, 3.8) is 0 Å². The van der Waals surface area contributed by atoms with E-state index in [9.17, 15) is 0 Å². The van der Waals surface area contributed by atoms with E-state index < -0.39 is 0 Å². The summed E-state index contributed by atoms with van der Waals surface area (Å²) in [6.07, 6.45) is 0. The van der Waals surface area contributed by atoms with Gasteiger partial charge in [0.1, 0.15) is 0 Å². The zero-order chi connectivity index (χ0) is 9.26. The average Bonchev–Trinajstić information content (AvgIpc) is 2.25. The van der Waals surface area contributed by atoms with Crippen molar-refractivity contribution in [2.75, 3.05) is 25.5 Å². The van der Waals surface area contributed by atoms with Gasteiger partial charge < -0.3 is 10.2 Å². The molecule has 0 fully saturated rings. The molecule has 1 N–H and O–H groups in total. The van der Waals surface area contributed by atoms with E-state index in [1.165, 1.54) is 11.3 Å². The van der Waals surface area contributed by atoms with Gasteiger partial charge in [-0.3, -0.25) is 0 Å². The van der Waals surface area contributed by atoms with Gasteiger partial charge in [-0.25, -0.2) is 0 Å². The molecule has 1 aliphatic rings. The minimum atomic E-state index is 1.03. The summed E-state index contributed by atoms with van der Waals surface area (Å²) in [6.45, 7) is 3.17. The topological polar surface area (TPSA) is 15.3 Å². The molecule has 0 aliphatic carbocycles. The molecular formula is C10H13BrN2. The number of fused-ring (bicyclic) bond motifs is 1. The van der Waals surface area contributed by atoms with Crippen LogP contribution in [0.5, 0.6) is 0 Å². The highest BCUT2D eigenvalue weighted by Crippen LogP contribution is 2.23. The number of nitrogens with zero attached hydrogens (tertiary/aromatic N) is 1. The lowest BCUT2D eigenvalue weighted by Gasteiger charge is -2.12. The van der Waals surface area contributed by atoms with E-state index in [0.717, 1.165) is 24.1 Å². The van der Waals surface area contributed by atoms with Gasteiger partial charge in [0.25, 0.3) is 0 Å². The maximum Gasteiger partial charge on any atom is 0.0387 e. The second kappa shape index (κ2) is 3.68. The molecule has 1 aromatic carbocycles. The second-order valence-electron chi connectivity index (χ2n) is 3.47. The van der Waals surface area contributed by atoms with Crippen LogP contribution in [0, 0.1) is 0 Å². The third-order valence-corrected chi connectivity index (χ3v) is 2.81. The smallest absolute Gasteiger partial charge is 0.0387 e. The Bertz CT molecular complexity index is 312. The lowest BCUT2D eigenvalue weighted by atomic mass is 10.2. The molecule has 0 bridgehead atoms. The van der Waals surface area contributed by atoms with Crippen molar-refractivity contribution in [2.45, 2.75) is 6.54 Å². The normalized spacial score (nSPS) is 17.4. The highest BCUT2D eigenvalue weighted by molar-refractivity contribution is 9.10. The third-order valence-electron chi connectivity index (χ3n) is 2.32. The molecule has 13 heavy (non-hydrogen) atoms. The van der Waals surface area contributed by atoms with Crippen LogP contribution in [0.3, 0.4) is 0 Å². The summed E-state index contributed by atoms with van der Waals surface area (Å²) >= 11 is 3.49. The molecule has 1 heterocycles. The van der Waals surface area contributed by atoms with Crippen LogP contribution in [0.4, 0.5) is 5.69 Å². The molecule has 0 saturated heterocycles. The van der Waals surface area contributed by atoms with Gasteiger partial charge in [-0.2, -0.15) is 0 Å². The lowest BCUT2D eigenvalue weighted by molar-refractivity contribution is 0.346. The van der Waals surface area contributed by atoms with Gasteiger partial charge in [-0.1, -0.05) is 15.9 Å². The summed E-state index contributed by atoms with van der Waals surface area (Å²) in [5, 5.41) is 3.42. The van der Waals surface area contributed by atoms with E-state index in [2.05, 4.69) is 51.4 Å². The Hall–Kier alpha value is -0.540. The molecule has 0 radical (unpaired) electrons. The summed E-state index contributed by atoms with van der Waals surface area (Å²) in [7, 11) is 2.15. The van der Waals surface area contributed by atoms with Crippen molar-refractivity contribution in [1.82, 2.24) is 4.90 Å². The van der Waals surface area contributed by atoms with Crippen molar-refractivity contribution in [2.24, 2.45) is 0 Å². The number of rotatable bonds is 0. The molecule has 0 amide bonds. The summed E-state index contributed by atoms with van der Waals surface area (Å²) in [5.41, 5.74) is 2.64. The zero-order valence-electron chi connectivity index (χ0n) is 7.68. The van der Waals surface area contributed by atoms with Gasteiger partial charge >= 0.3 is 0 Å². The van der Waals surface area contributed by atoms with Gasteiger partial charge in [0.2, 0.25) is 0 Å². The maximum absolute atomic E-state index is 3.49. The van der Waals surface area contributed by atoms with Gasteiger partial charge in [-0.05, 0) is 30.8 Å². The number of benzene rings is 1. The summed E-state index contributed by atoms with van der Waals surface area (Å²) in [5.74, 6) is 0. The fourth-order valence-corrected chi connectivity index (χ4v) is 2.03. The molecule has 0 aromatic heterocycles. The first-order chi connectivity index (χ1) is 6.25. The first-order valence-corrected chi connectivity index (χ1v) is 5.26. The van der Waals surface area contributed by atoms with Crippen LogP contribution in [0.15, 0.2) is 22.7 Å². The van der Waals surface area contributed by atoms with Crippen molar-refractivity contribution < 1.29 is 0 Å². The molecule has 70 valence electrons. The van der Waals surface area contributed by atoms with Gasteiger partial charge in [0.05, 0.1) is 0 Å². The van der Waals surface area contributed by atoms with E-state index in [1.54, 1.807) is 0 Å². The number of hydrogen-bond donors (Lipinski definition) is 1. The van der Waals surface area contributed by atoms with Crippen molar-refractivity contribution in [3.8, 4) is 0 Å². The quantitative estimate of drug-likeness (QED) is 0.749. The molecular weight excluding hydrogens is 228 g/mol. The molecule has 1 aliphatic heterocycles. The van der Waals surface area contributed by atoms with E-state index in [-0.39, 0.29) is 0 Å². The Morgan fingerprint density at radius 3 is 3.15 bits per heavy atom. The summed E-state index contributed by atoms with van der Waals surface area (Å²) in [6, 6.07) is 6.40. The highest BCUT2D eigenvalue weighted by Gasteiger charge is 2.10. The monoisotopic (exact) mass is 240 g/mol. The van der Waals surface area contributed by atoms with Gasteiger partial charge in [0, 0.05) is 29.8 Å². The average molecular weight is 241 g/mol. The summed E-state index contributed by atoms with van der Waals surface area (Å²) < 4.78 is 1.16. The minimum absolute atomic E-state index is 1.03. The molecule has 3 heteroatoms. The molecule has 2 nitrogen and oxygen atoms in total. The number of nitrogens with one attached hydrogen (secondary N) is 1. The Balaban J connectivity index is 2.35.